The average molecular weight is 762 g/mol. The van der Waals surface area contributed by atoms with Crippen molar-refractivity contribution in [2.24, 2.45) is 0 Å². The van der Waals surface area contributed by atoms with Crippen molar-refractivity contribution in [1.82, 2.24) is 5.32 Å². The molecule has 0 aliphatic carbocycles. The van der Waals surface area contributed by atoms with Crippen LogP contribution in [0.2, 0.25) is 0 Å². The highest BCUT2D eigenvalue weighted by molar-refractivity contribution is 5.80. The minimum atomic E-state index is -1.10. The van der Waals surface area contributed by atoms with Crippen molar-refractivity contribution in [2.45, 2.75) is 276 Å². The molecule has 5 nitrogen and oxygen atoms in total. The summed E-state index contributed by atoms with van der Waals surface area (Å²) in [5.41, 5.74) is 0. The normalized spacial score (nSPS) is 13.6. The summed E-state index contributed by atoms with van der Waals surface area (Å²) in [7, 11) is 0. The largest absolute Gasteiger partial charge is 0.394 e. The standard InChI is InChI=1S/C49H95NO4/c1-3-5-7-9-11-13-15-17-19-21-22-23-24-25-26-27-28-30-32-34-36-38-40-42-44-48(53)49(54)50-46(45-51)47(52)43-41-39-37-35-33-31-29-20-18-16-14-12-10-8-6-4-2/h25-26,41,43,46-48,51-53H,3-24,27-40,42,44-45H2,1-2H3,(H,50,54)/b26-25-,43-41+. The van der Waals surface area contributed by atoms with Gasteiger partial charge in [0.1, 0.15) is 6.10 Å². The topological polar surface area (TPSA) is 89.8 Å². The molecular formula is C49H95NO4. The lowest BCUT2D eigenvalue weighted by atomic mass is 10.0. The van der Waals surface area contributed by atoms with Gasteiger partial charge in [0, 0.05) is 0 Å². The second kappa shape index (κ2) is 44.5. The Morgan fingerprint density at radius 3 is 1.07 bits per heavy atom. The fourth-order valence-electron chi connectivity index (χ4n) is 7.47. The number of allylic oxidation sites excluding steroid dienone is 3. The van der Waals surface area contributed by atoms with E-state index in [1.807, 2.05) is 6.08 Å². The molecular weight excluding hydrogens is 667 g/mol. The predicted octanol–water partition coefficient (Wildman–Crippen LogP) is 14.2. The van der Waals surface area contributed by atoms with Gasteiger partial charge in [-0.15, -0.1) is 0 Å². The van der Waals surface area contributed by atoms with E-state index in [1.165, 1.54) is 205 Å². The summed E-state index contributed by atoms with van der Waals surface area (Å²) in [4.78, 5) is 12.5. The Hall–Kier alpha value is -1.17. The number of hydrogen-bond donors (Lipinski definition) is 4. The molecule has 0 saturated heterocycles. The molecule has 0 spiro atoms. The lowest BCUT2D eigenvalue weighted by Crippen LogP contribution is -2.48. The smallest absolute Gasteiger partial charge is 0.249 e. The highest BCUT2D eigenvalue weighted by atomic mass is 16.3. The fraction of sp³-hybridized carbons (Fsp3) is 0.898. The van der Waals surface area contributed by atoms with E-state index >= 15 is 0 Å². The van der Waals surface area contributed by atoms with Crippen LogP contribution in [0, 0.1) is 0 Å². The van der Waals surface area contributed by atoms with Crippen LogP contribution in [0.3, 0.4) is 0 Å². The molecule has 0 aliphatic rings. The summed E-state index contributed by atoms with van der Waals surface area (Å²) < 4.78 is 0. The number of hydrogen-bond acceptors (Lipinski definition) is 4. The number of unbranched alkanes of at least 4 members (excludes halogenated alkanes) is 34. The molecule has 54 heavy (non-hydrogen) atoms. The van der Waals surface area contributed by atoms with E-state index in [-0.39, 0.29) is 6.61 Å². The monoisotopic (exact) mass is 762 g/mol. The van der Waals surface area contributed by atoms with E-state index < -0.39 is 24.2 Å². The third-order valence-electron chi connectivity index (χ3n) is 11.3. The number of carbonyl (C=O) groups excluding carboxylic acids is 1. The summed E-state index contributed by atoms with van der Waals surface area (Å²) in [6.45, 7) is 4.20. The Balaban J connectivity index is 3.62. The molecule has 0 fully saturated rings. The van der Waals surface area contributed by atoms with E-state index in [2.05, 4.69) is 31.3 Å². The third kappa shape index (κ3) is 39.1. The van der Waals surface area contributed by atoms with Crippen LogP contribution < -0.4 is 5.32 Å². The van der Waals surface area contributed by atoms with Crippen LogP contribution in [-0.2, 0) is 4.79 Å². The van der Waals surface area contributed by atoms with Crippen LogP contribution in [0.5, 0.6) is 0 Å². The molecule has 0 rings (SSSR count). The van der Waals surface area contributed by atoms with Gasteiger partial charge < -0.3 is 20.6 Å². The molecule has 0 aliphatic heterocycles. The highest BCUT2D eigenvalue weighted by Crippen LogP contribution is 2.16. The Morgan fingerprint density at radius 1 is 0.444 bits per heavy atom. The summed E-state index contributed by atoms with van der Waals surface area (Å²) in [6.07, 6.45) is 55.1. The molecule has 0 aromatic rings. The Labute approximate surface area is 337 Å². The number of aliphatic hydroxyl groups is 3. The van der Waals surface area contributed by atoms with Gasteiger partial charge in [-0.05, 0) is 44.9 Å². The van der Waals surface area contributed by atoms with E-state index in [0.717, 1.165) is 32.1 Å². The average Bonchev–Trinajstić information content (AvgIpc) is 3.18. The van der Waals surface area contributed by atoms with Gasteiger partial charge in [0.2, 0.25) is 5.91 Å². The molecule has 0 aromatic carbocycles. The van der Waals surface area contributed by atoms with Gasteiger partial charge in [-0.1, -0.05) is 237 Å². The van der Waals surface area contributed by atoms with Crippen LogP contribution in [0.4, 0.5) is 0 Å². The number of rotatable bonds is 44. The molecule has 3 atom stereocenters. The first-order valence-electron chi connectivity index (χ1n) is 24.2. The molecule has 320 valence electrons. The second-order valence-electron chi connectivity index (χ2n) is 16.7. The van der Waals surface area contributed by atoms with Crippen molar-refractivity contribution < 1.29 is 20.1 Å². The van der Waals surface area contributed by atoms with E-state index in [4.69, 9.17) is 0 Å². The van der Waals surface area contributed by atoms with Crippen LogP contribution in [-0.4, -0.2) is 46.1 Å². The van der Waals surface area contributed by atoms with Crippen molar-refractivity contribution in [3.05, 3.63) is 24.3 Å². The number of nitrogens with one attached hydrogen (secondary N) is 1. The predicted molar refractivity (Wildman–Crippen MR) is 236 cm³/mol. The maximum atomic E-state index is 12.5. The van der Waals surface area contributed by atoms with Gasteiger partial charge in [0.25, 0.3) is 0 Å². The zero-order chi connectivity index (χ0) is 39.4. The zero-order valence-electron chi connectivity index (χ0n) is 36.4. The SMILES string of the molecule is CCCCCCCCCCCCCC/C=C\CCCCCCCCCCC(O)C(=O)NC(CO)C(O)/C=C/CCCCCCCCCCCCCCCC. The maximum absolute atomic E-state index is 12.5. The first-order valence-corrected chi connectivity index (χ1v) is 24.2. The molecule has 0 heterocycles. The first-order chi connectivity index (χ1) is 26.6. The second-order valence-corrected chi connectivity index (χ2v) is 16.7. The Morgan fingerprint density at radius 2 is 0.741 bits per heavy atom. The lowest BCUT2D eigenvalue weighted by molar-refractivity contribution is -0.131. The van der Waals surface area contributed by atoms with Gasteiger partial charge in [-0.2, -0.15) is 0 Å². The Kier molecular flexibility index (Phi) is 43.6. The fourth-order valence-corrected chi connectivity index (χ4v) is 7.47. The molecule has 5 heteroatoms. The van der Waals surface area contributed by atoms with E-state index in [1.54, 1.807) is 6.08 Å². The summed E-state index contributed by atoms with van der Waals surface area (Å²) in [5.74, 6) is -0.503. The molecule has 0 aromatic heterocycles. The molecule has 1 amide bonds. The van der Waals surface area contributed by atoms with E-state index in [0.29, 0.717) is 6.42 Å². The maximum Gasteiger partial charge on any atom is 0.249 e. The van der Waals surface area contributed by atoms with Gasteiger partial charge in [-0.25, -0.2) is 0 Å². The lowest BCUT2D eigenvalue weighted by Gasteiger charge is -2.21. The summed E-state index contributed by atoms with van der Waals surface area (Å²) >= 11 is 0. The molecule has 3 unspecified atom stereocenters. The third-order valence-corrected chi connectivity index (χ3v) is 11.3. The minimum Gasteiger partial charge on any atom is -0.394 e. The number of carbonyl (C=O) groups is 1. The van der Waals surface area contributed by atoms with Crippen molar-refractivity contribution in [2.75, 3.05) is 6.61 Å². The van der Waals surface area contributed by atoms with Crippen molar-refractivity contribution in [1.29, 1.82) is 0 Å². The van der Waals surface area contributed by atoms with Gasteiger partial charge in [-0.3, -0.25) is 4.79 Å². The molecule has 4 N–H and O–H groups in total. The minimum absolute atomic E-state index is 0.363. The van der Waals surface area contributed by atoms with Crippen molar-refractivity contribution in [3.63, 3.8) is 0 Å². The molecule has 0 bridgehead atoms. The van der Waals surface area contributed by atoms with Gasteiger partial charge in [0.15, 0.2) is 0 Å². The number of amides is 1. The van der Waals surface area contributed by atoms with Gasteiger partial charge in [0.05, 0.1) is 18.8 Å². The Bertz CT molecular complexity index is 799. The molecule has 0 saturated carbocycles. The van der Waals surface area contributed by atoms with Crippen LogP contribution in [0.1, 0.15) is 258 Å². The van der Waals surface area contributed by atoms with Gasteiger partial charge >= 0.3 is 0 Å². The zero-order valence-corrected chi connectivity index (χ0v) is 36.4. The van der Waals surface area contributed by atoms with Crippen molar-refractivity contribution in [3.8, 4) is 0 Å². The van der Waals surface area contributed by atoms with Crippen LogP contribution in [0.25, 0.3) is 0 Å². The first kappa shape index (κ1) is 52.8. The molecule has 0 radical (unpaired) electrons. The van der Waals surface area contributed by atoms with E-state index in [9.17, 15) is 20.1 Å². The summed E-state index contributed by atoms with van der Waals surface area (Å²) in [5, 5.41) is 33.2. The quantitative estimate of drug-likeness (QED) is 0.0368. The van der Waals surface area contributed by atoms with Crippen LogP contribution >= 0.6 is 0 Å². The van der Waals surface area contributed by atoms with Crippen LogP contribution in [0.15, 0.2) is 24.3 Å². The number of aliphatic hydroxyl groups excluding tert-OH is 3. The highest BCUT2D eigenvalue weighted by Gasteiger charge is 2.22. The van der Waals surface area contributed by atoms with Crippen molar-refractivity contribution >= 4 is 5.91 Å². The summed E-state index contributed by atoms with van der Waals surface area (Å²) in [6, 6.07) is -0.797.